The summed E-state index contributed by atoms with van der Waals surface area (Å²) in [6, 6.07) is 0. The third-order valence-corrected chi connectivity index (χ3v) is 8.05. The molecule has 6 nitrogen and oxygen atoms in total. The summed E-state index contributed by atoms with van der Waals surface area (Å²) in [5.74, 6) is -0.534. The van der Waals surface area contributed by atoms with Crippen LogP contribution in [0.15, 0.2) is 22.3 Å². The molecule has 4 aliphatic rings. The Labute approximate surface area is 178 Å². The smallest absolute Gasteiger partial charge is 0.334 e. The standard InChI is InChI=1S/C24H32O6/c1-13-20-18(30-22(13)27)11-17-16(21(20)29-15(3)26)7-8-19-23(4,12-28-14(2)25)9-6-10-24(17,19)5/h18-19,21H,6-12H2,1-5H3/t18-,19-,21-,23+,24+/m1/s1. The molecule has 0 bridgehead atoms. The Hall–Kier alpha value is -2.11. The van der Waals surface area contributed by atoms with Crippen LogP contribution < -0.4 is 0 Å². The number of hydrogen-bond donors (Lipinski definition) is 0. The van der Waals surface area contributed by atoms with Gasteiger partial charge < -0.3 is 14.2 Å². The molecule has 4 rings (SSSR count). The van der Waals surface area contributed by atoms with Crippen molar-refractivity contribution in [3.8, 4) is 0 Å². The molecule has 164 valence electrons. The molecule has 1 aliphatic heterocycles. The molecule has 1 heterocycles. The van der Waals surface area contributed by atoms with E-state index in [0.29, 0.717) is 24.5 Å². The quantitative estimate of drug-likeness (QED) is 0.393. The van der Waals surface area contributed by atoms with E-state index >= 15 is 0 Å². The molecule has 0 saturated heterocycles. The van der Waals surface area contributed by atoms with Crippen molar-refractivity contribution in [3.63, 3.8) is 0 Å². The van der Waals surface area contributed by atoms with Gasteiger partial charge in [0.1, 0.15) is 12.2 Å². The van der Waals surface area contributed by atoms with Gasteiger partial charge in [-0.1, -0.05) is 25.8 Å². The van der Waals surface area contributed by atoms with Crippen molar-refractivity contribution in [2.24, 2.45) is 16.7 Å². The van der Waals surface area contributed by atoms with Crippen LogP contribution in [0.5, 0.6) is 0 Å². The third kappa shape index (κ3) is 3.19. The lowest BCUT2D eigenvalue weighted by atomic mass is 9.48. The molecule has 5 atom stereocenters. The monoisotopic (exact) mass is 416 g/mol. The maximum atomic E-state index is 12.3. The van der Waals surface area contributed by atoms with Gasteiger partial charge in [-0.25, -0.2) is 4.79 Å². The van der Waals surface area contributed by atoms with E-state index in [1.807, 2.05) is 0 Å². The van der Waals surface area contributed by atoms with Crippen LogP contribution in [0.4, 0.5) is 0 Å². The highest BCUT2D eigenvalue weighted by atomic mass is 16.6. The predicted octanol–water partition coefficient (Wildman–Crippen LogP) is 4.03. The van der Waals surface area contributed by atoms with Crippen molar-refractivity contribution in [1.29, 1.82) is 0 Å². The Bertz CT molecular complexity index is 867. The van der Waals surface area contributed by atoms with Gasteiger partial charge in [0.25, 0.3) is 0 Å². The van der Waals surface area contributed by atoms with Crippen LogP contribution in [0.3, 0.4) is 0 Å². The first-order valence-electron chi connectivity index (χ1n) is 11.0. The van der Waals surface area contributed by atoms with E-state index in [9.17, 15) is 14.4 Å². The summed E-state index contributed by atoms with van der Waals surface area (Å²) < 4.78 is 17.0. The molecule has 3 aliphatic carbocycles. The van der Waals surface area contributed by atoms with Crippen molar-refractivity contribution in [1.82, 2.24) is 0 Å². The Balaban J connectivity index is 1.76. The maximum absolute atomic E-state index is 12.3. The van der Waals surface area contributed by atoms with Gasteiger partial charge in [-0.3, -0.25) is 9.59 Å². The summed E-state index contributed by atoms with van der Waals surface area (Å²) in [6.45, 7) is 9.62. The first-order valence-corrected chi connectivity index (χ1v) is 11.0. The van der Waals surface area contributed by atoms with E-state index in [1.165, 1.54) is 19.4 Å². The van der Waals surface area contributed by atoms with Gasteiger partial charge in [0, 0.05) is 36.8 Å². The molecular formula is C24H32O6. The summed E-state index contributed by atoms with van der Waals surface area (Å²) in [5.41, 5.74) is 3.67. The van der Waals surface area contributed by atoms with Crippen LogP contribution >= 0.6 is 0 Å². The van der Waals surface area contributed by atoms with E-state index in [0.717, 1.165) is 43.3 Å². The Morgan fingerprint density at radius 3 is 2.57 bits per heavy atom. The third-order valence-electron chi connectivity index (χ3n) is 8.05. The maximum Gasteiger partial charge on any atom is 0.334 e. The molecule has 0 radical (unpaired) electrons. The minimum absolute atomic E-state index is 0.0897. The lowest BCUT2D eigenvalue weighted by Crippen LogP contribution is -2.51. The summed E-state index contributed by atoms with van der Waals surface area (Å²) in [5, 5.41) is 0. The zero-order valence-corrected chi connectivity index (χ0v) is 18.6. The second-order valence-electron chi connectivity index (χ2n) is 9.97. The number of hydrogen-bond acceptors (Lipinski definition) is 6. The molecular weight excluding hydrogens is 384 g/mol. The fourth-order valence-electron chi connectivity index (χ4n) is 6.75. The highest BCUT2D eigenvalue weighted by molar-refractivity contribution is 5.92. The van der Waals surface area contributed by atoms with E-state index in [-0.39, 0.29) is 34.8 Å². The van der Waals surface area contributed by atoms with Crippen LogP contribution in [0.25, 0.3) is 0 Å². The number of rotatable bonds is 3. The molecule has 1 saturated carbocycles. The molecule has 0 aromatic heterocycles. The lowest BCUT2D eigenvalue weighted by molar-refractivity contribution is -0.149. The van der Waals surface area contributed by atoms with E-state index in [1.54, 1.807) is 6.92 Å². The molecule has 0 N–H and O–H groups in total. The highest BCUT2D eigenvalue weighted by Gasteiger charge is 2.57. The molecule has 0 aromatic rings. The summed E-state index contributed by atoms with van der Waals surface area (Å²) >= 11 is 0. The molecule has 0 amide bonds. The Kier molecular flexibility index (Phi) is 5.10. The van der Waals surface area contributed by atoms with Crippen LogP contribution in [-0.4, -0.2) is 36.7 Å². The normalized spacial score (nSPS) is 37.8. The van der Waals surface area contributed by atoms with Crippen LogP contribution in [0.1, 0.15) is 73.1 Å². The van der Waals surface area contributed by atoms with Crippen LogP contribution in [-0.2, 0) is 28.6 Å². The number of esters is 3. The topological polar surface area (TPSA) is 78.9 Å². The number of carbonyl (C=O) groups is 3. The zero-order valence-electron chi connectivity index (χ0n) is 18.6. The molecule has 1 fully saturated rings. The first-order chi connectivity index (χ1) is 14.1. The molecule has 0 spiro atoms. The minimum atomic E-state index is -0.498. The van der Waals surface area contributed by atoms with Gasteiger partial charge >= 0.3 is 17.9 Å². The molecule has 0 unspecified atom stereocenters. The fraction of sp³-hybridized carbons (Fsp3) is 0.708. The van der Waals surface area contributed by atoms with E-state index < -0.39 is 6.10 Å². The second kappa shape index (κ2) is 7.24. The van der Waals surface area contributed by atoms with Gasteiger partial charge in [-0.15, -0.1) is 0 Å². The second-order valence-corrected chi connectivity index (χ2v) is 9.97. The zero-order chi connectivity index (χ0) is 21.8. The Morgan fingerprint density at radius 1 is 1.17 bits per heavy atom. The van der Waals surface area contributed by atoms with Crippen molar-refractivity contribution in [2.75, 3.05) is 6.61 Å². The van der Waals surface area contributed by atoms with Gasteiger partial charge in [0.15, 0.2) is 0 Å². The van der Waals surface area contributed by atoms with Crippen LogP contribution in [0, 0.1) is 16.7 Å². The summed E-state index contributed by atoms with van der Waals surface area (Å²) in [4.78, 5) is 35.7. The average Bonchev–Trinajstić information content (AvgIpc) is 2.94. The number of ether oxygens (including phenoxy) is 3. The van der Waals surface area contributed by atoms with Gasteiger partial charge in [-0.2, -0.15) is 0 Å². The summed E-state index contributed by atoms with van der Waals surface area (Å²) in [6.07, 6.45) is 4.71. The van der Waals surface area contributed by atoms with E-state index in [2.05, 4.69) is 13.8 Å². The first kappa shape index (κ1) is 21.1. The fourth-order valence-corrected chi connectivity index (χ4v) is 6.75. The summed E-state index contributed by atoms with van der Waals surface area (Å²) in [7, 11) is 0. The SMILES string of the molecule is CC(=O)OC[C@]1(C)CCC[C@@]2(C)C3=C(CC[C@H]12)[C@@H](OC(C)=O)C1=C(C)C(=O)O[C@@H]1C3. The van der Waals surface area contributed by atoms with Gasteiger partial charge in [0.05, 0.1) is 6.61 Å². The van der Waals surface area contributed by atoms with E-state index in [4.69, 9.17) is 14.2 Å². The molecule has 6 heteroatoms. The van der Waals surface area contributed by atoms with Crippen LogP contribution in [0.2, 0.25) is 0 Å². The molecule has 30 heavy (non-hydrogen) atoms. The Morgan fingerprint density at radius 2 is 1.90 bits per heavy atom. The predicted molar refractivity (Wildman–Crippen MR) is 109 cm³/mol. The van der Waals surface area contributed by atoms with Crippen molar-refractivity contribution >= 4 is 17.9 Å². The van der Waals surface area contributed by atoms with Gasteiger partial charge in [-0.05, 0) is 49.5 Å². The molecule has 0 aromatic carbocycles. The number of fused-ring (bicyclic) bond motifs is 3. The van der Waals surface area contributed by atoms with Crippen molar-refractivity contribution in [2.45, 2.75) is 85.4 Å². The minimum Gasteiger partial charge on any atom is -0.465 e. The van der Waals surface area contributed by atoms with Gasteiger partial charge in [0.2, 0.25) is 0 Å². The average molecular weight is 417 g/mol. The number of carbonyl (C=O) groups excluding carboxylic acids is 3. The lowest BCUT2D eigenvalue weighted by Gasteiger charge is -2.57. The largest absolute Gasteiger partial charge is 0.465 e. The highest BCUT2D eigenvalue weighted by Crippen LogP contribution is 2.63. The van der Waals surface area contributed by atoms with Crippen molar-refractivity contribution in [3.05, 3.63) is 22.3 Å². The van der Waals surface area contributed by atoms with Crippen molar-refractivity contribution < 1.29 is 28.6 Å².